The van der Waals surface area contributed by atoms with Gasteiger partial charge in [-0.3, -0.25) is 37.3 Å². The van der Waals surface area contributed by atoms with Gasteiger partial charge in [0.05, 0.1) is 26.4 Å². The third kappa shape index (κ3) is 71.2. The van der Waals surface area contributed by atoms with Crippen LogP contribution >= 0.6 is 15.6 Å². The molecule has 0 aromatic rings. The summed E-state index contributed by atoms with van der Waals surface area (Å²) in [7, 11) is -9.94. The van der Waals surface area contributed by atoms with Crippen LogP contribution in [-0.2, 0) is 65.4 Å². The van der Waals surface area contributed by atoms with E-state index in [-0.39, 0.29) is 25.7 Å². The number of rotatable bonds is 75. The standard InChI is InChI=1S/C79H144O17P2/c1-5-9-13-17-21-25-29-32-34-35-36-37-39-42-45-48-52-56-60-64-77(82)90-70-75(96-79(84)66-62-58-54-50-46-40-31-27-23-19-15-11-7-3)72-94-98(87,88)92-68-73(80)67-91-97(85,86)93-71-74(95-78(83)65-61-57-53-49-43-28-24-20-16-12-8-4)69-89-76(81)63-59-55-51-47-44-41-38-33-30-26-22-18-14-10-6-2/h9,13,21,25,32,34,36-37,42,45,73-75,80H,5-8,10-12,14-20,22-24,26-31,33,35,38-41,43-44,46-72H2,1-4H3,(H,85,86)(H,87,88)/b13-9-,25-21-,34-32-,37-36-,45-42-. The van der Waals surface area contributed by atoms with E-state index in [0.717, 1.165) is 122 Å². The predicted molar refractivity (Wildman–Crippen MR) is 400 cm³/mol. The number of carbonyl (C=O) groups is 4. The van der Waals surface area contributed by atoms with Gasteiger partial charge in [0, 0.05) is 25.7 Å². The lowest BCUT2D eigenvalue weighted by atomic mass is 10.0. The Balaban J connectivity index is 5.29. The van der Waals surface area contributed by atoms with E-state index in [4.69, 9.17) is 37.0 Å². The van der Waals surface area contributed by atoms with Gasteiger partial charge < -0.3 is 33.8 Å². The molecular weight excluding hydrogens is 1280 g/mol. The largest absolute Gasteiger partial charge is 0.472 e. The average Bonchev–Trinajstić information content (AvgIpc) is 0.972. The summed E-state index contributed by atoms with van der Waals surface area (Å²) in [6.07, 6.45) is 70.6. The first-order valence-corrected chi connectivity index (χ1v) is 42.5. The van der Waals surface area contributed by atoms with E-state index >= 15 is 0 Å². The summed E-state index contributed by atoms with van der Waals surface area (Å²) in [5.41, 5.74) is 0. The maximum Gasteiger partial charge on any atom is 0.472 e. The SMILES string of the molecule is CC/C=C\C/C=C\C/C=C\C/C=C\C/C=C\CCCCCC(=O)OCC(COP(=O)(O)OCC(O)COP(=O)(O)OCC(COC(=O)CCCCCCCCCCCCCCCCC)OC(=O)CCCCCCCCCCCCC)OC(=O)CCCCCCCCCCCCCCC. The molecule has 0 aliphatic rings. The lowest BCUT2D eigenvalue weighted by Gasteiger charge is -2.21. The van der Waals surface area contributed by atoms with Crippen LogP contribution in [0.5, 0.6) is 0 Å². The highest BCUT2D eigenvalue weighted by molar-refractivity contribution is 7.47. The van der Waals surface area contributed by atoms with Crippen molar-refractivity contribution in [3.63, 3.8) is 0 Å². The quantitative estimate of drug-likeness (QED) is 0.0169. The minimum absolute atomic E-state index is 0.0936. The number of phosphoric acid groups is 2. The zero-order valence-electron chi connectivity index (χ0n) is 62.5. The second kappa shape index (κ2) is 72.1. The van der Waals surface area contributed by atoms with Crippen LogP contribution < -0.4 is 0 Å². The lowest BCUT2D eigenvalue weighted by Crippen LogP contribution is -2.30. The third-order valence-corrected chi connectivity index (χ3v) is 18.9. The molecule has 0 saturated carbocycles. The summed E-state index contributed by atoms with van der Waals surface area (Å²) in [4.78, 5) is 72.9. The normalized spacial score (nSPS) is 14.2. The number of hydrogen-bond donors (Lipinski definition) is 3. The molecule has 0 amide bonds. The Kier molecular flexibility index (Phi) is 69.7. The molecule has 0 aliphatic carbocycles. The van der Waals surface area contributed by atoms with Gasteiger partial charge in [0.15, 0.2) is 12.2 Å². The molecule has 0 spiro atoms. The van der Waals surface area contributed by atoms with Crippen LogP contribution in [0.4, 0.5) is 0 Å². The van der Waals surface area contributed by atoms with Crippen molar-refractivity contribution in [2.24, 2.45) is 0 Å². The third-order valence-electron chi connectivity index (χ3n) is 17.0. The van der Waals surface area contributed by atoms with Crippen LogP contribution in [0, 0.1) is 0 Å². The monoisotopic (exact) mass is 1430 g/mol. The Morgan fingerprint density at radius 1 is 0.296 bits per heavy atom. The molecule has 0 fully saturated rings. The number of aliphatic hydroxyl groups is 1. The van der Waals surface area contributed by atoms with Crippen LogP contribution in [0.1, 0.15) is 362 Å². The van der Waals surface area contributed by atoms with Crippen molar-refractivity contribution in [1.29, 1.82) is 0 Å². The van der Waals surface area contributed by atoms with E-state index in [1.807, 2.05) is 0 Å². The molecule has 98 heavy (non-hydrogen) atoms. The molecule has 5 unspecified atom stereocenters. The number of allylic oxidation sites excluding steroid dienone is 10. The highest BCUT2D eigenvalue weighted by atomic mass is 31.2. The molecule has 0 saturated heterocycles. The van der Waals surface area contributed by atoms with E-state index < -0.39 is 97.5 Å². The molecule has 3 N–H and O–H groups in total. The Labute approximate surface area is 597 Å². The highest BCUT2D eigenvalue weighted by Gasteiger charge is 2.30. The molecular formula is C79H144O17P2. The molecule has 5 atom stereocenters. The number of phosphoric ester groups is 2. The van der Waals surface area contributed by atoms with E-state index in [2.05, 4.69) is 88.5 Å². The van der Waals surface area contributed by atoms with Gasteiger partial charge in [-0.2, -0.15) is 0 Å². The number of ether oxygens (including phenoxy) is 4. The van der Waals surface area contributed by atoms with E-state index in [1.54, 1.807) is 0 Å². The minimum Gasteiger partial charge on any atom is -0.462 e. The fourth-order valence-corrected chi connectivity index (χ4v) is 12.6. The smallest absolute Gasteiger partial charge is 0.462 e. The van der Waals surface area contributed by atoms with Crippen molar-refractivity contribution in [1.82, 2.24) is 0 Å². The number of aliphatic hydroxyl groups excluding tert-OH is 1. The second-order valence-electron chi connectivity index (χ2n) is 26.6. The van der Waals surface area contributed by atoms with Gasteiger partial charge >= 0.3 is 39.5 Å². The van der Waals surface area contributed by atoms with Gasteiger partial charge in [-0.15, -0.1) is 0 Å². The maximum atomic E-state index is 13.1. The van der Waals surface area contributed by atoms with Crippen molar-refractivity contribution in [2.75, 3.05) is 39.6 Å². The molecule has 0 rings (SSSR count). The van der Waals surface area contributed by atoms with Crippen LogP contribution in [0.3, 0.4) is 0 Å². The number of carbonyl (C=O) groups excluding carboxylic acids is 4. The van der Waals surface area contributed by atoms with Crippen LogP contribution in [-0.4, -0.2) is 96.7 Å². The van der Waals surface area contributed by atoms with E-state index in [9.17, 15) is 43.2 Å². The molecule has 0 aromatic carbocycles. The molecule has 0 aliphatic heterocycles. The summed E-state index contributed by atoms with van der Waals surface area (Å²) in [5.74, 6) is -2.17. The molecule has 17 nitrogen and oxygen atoms in total. The zero-order chi connectivity index (χ0) is 71.8. The molecule has 0 bridgehead atoms. The van der Waals surface area contributed by atoms with E-state index in [0.29, 0.717) is 25.7 Å². The lowest BCUT2D eigenvalue weighted by molar-refractivity contribution is -0.161. The summed E-state index contributed by atoms with van der Waals surface area (Å²) in [6.45, 7) is 4.79. The Morgan fingerprint density at radius 3 is 0.816 bits per heavy atom. The van der Waals surface area contributed by atoms with Gasteiger partial charge in [0.2, 0.25) is 0 Å². The van der Waals surface area contributed by atoms with Crippen LogP contribution in [0.2, 0.25) is 0 Å². The van der Waals surface area contributed by atoms with Crippen molar-refractivity contribution in [2.45, 2.75) is 380 Å². The van der Waals surface area contributed by atoms with Crippen LogP contribution in [0.15, 0.2) is 60.8 Å². The average molecular weight is 1430 g/mol. The van der Waals surface area contributed by atoms with E-state index in [1.165, 1.54) is 161 Å². The Bertz CT molecular complexity index is 2100. The molecule has 0 aromatic heterocycles. The first-order valence-electron chi connectivity index (χ1n) is 39.5. The second-order valence-corrected chi connectivity index (χ2v) is 29.6. The van der Waals surface area contributed by atoms with Gasteiger partial charge in [-0.05, 0) is 70.6 Å². The number of unbranched alkanes of at least 4 members (excludes halogenated alkanes) is 39. The van der Waals surface area contributed by atoms with Crippen LogP contribution in [0.25, 0.3) is 0 Å². The topological polar surface area (TPSA) is 237 Å². The molecule has 19 heteroatoms. The fourth-order valence-electron chi connectivity index (χ4n) is 11.0. The van der Waals surface area contributed by atoms with Crippen molar-refractivity contribution < 1.29 is 80.2 Å². The molecule has 572 valence electrons. The van der Waals surface area contributed by atoms with Crippen molar-refractivity contribution in [3.8, 4) is 0 Å². The summed E-state index contributed by atoms with van der Waals surface area (Å²) >= 11 is 0. The summed E-state index contributed by atoms with van der Waals surface area (Å²) in [6, 6.07) is 0. The fraction of sp³-hybridized carbons (Fsp3) is 0.823. The highest BCUT2D eigenvalue weighted by Crippen LogP contribution is 2.45. The zero-order valence-corrected chi connectivity index (χ0v) is 64.3. The Morgan fingerprint density at radius 2 is 0.531 bits per heavy atom. The number of hydrogen-bond acceptors (Lipinski definition) is 15. The first-order chi connectivity index (χ1) is 47.7. The molecule has 0 radical (unpaired) electrons. The van der Waals surface area contributed by atoms with Gasteiger partial charge in [0.1, 0.15) is 19.3 Å². The van der Waals surface area contributed by atoms with Crippen molar-refractivity contribution in [3.05, 3.63) is 60.8 Å². The van der Waals surface area contributed by atoms with Crippen molar-refractivity contribution >= 4 is 39.5 Å². The predicted octanol–water partition coefficient (Wildman–Crippen LogP) is 22.7. The molecule has 0 heterocycles. The van der Waals surface area contributed by atoms with Gasteiger partial charge in [0.25, 0.3) is 0 Å². The summed E-state index contributed by atoms with van der Waals surface area (Å²) in [5, 5.41) is 10.6. The first kappa shape index (κ1) is 94.8. The Hall–Kier alpha value is -3.24. The maximum absolute atomic E-state index is 13.1. The van der Waals surface area contributed by atoms with Gasteiger partial charge in [-0.25, -0.2) is 9.13 Å². The van der Waals surface area contributed by atoms with Gasteiger partial charge in [-0.1, -0.05) is 326 Å². The number of esters is 4. The minimum atomic E-state index is -4.97. The summed E-state index contributed by atoms with van der Waals surface area (Å²) < 4.78 is 68.5.